The zero-order chi connectivity index (χ0) is 15.5. The SMILES string of the molecule is C1=CC(/C=C/c2cc3ccc2CCc2ccc(cc2)CC3)C=C1. The molecule has 0 fully saturated rings. The largest absolute Gasteiger partial charge is 0.0738 e. The lowest BCUT2D eigenvalue weighted by Gasteiger charge is -2.13. The van der Waals surface area contributed by atoms with Crippen LogP contribution in [0.15, 0.2) is 72.8 Å². The summed E-state index contributed by atoms with van der Waals surface area (Å²) in [7, 11) is 0. The second-order valence-electron chi connectivity index (χ2n) is 6.56. The molecule has 2 aromatic rings. The van der Waals surface area contributed by atoms with E-state index >= 15 is 0 Å². The van der Waals surface area contributed by atoms with Gasteiger partial charge in [0.25, 0.3) is 0 Å². The van der Waals surface area contributed by atoms with Gasteiger partial charge in [-0.25, -0.2) is 0 Å². The Kier molecular flexibility index (Phi) is 3.98. The third-order valence-corrected chi connectivity index (χ3v) is 4.89. The van der Waals surface area contributed by atoms with E-state index in [2.05, 4.69) is 78.9 Å². The van der Waals surface area contributed by atoms with Crippen molar-refractivity contribution in [1.29, 1.82) is 0 Å². The highest BCUT2D eigenvalue weighted by Gasteiger charge is 2.07. The number of hydrogen-bond acceptors (Lipinski definition) is 0. The number of rotatable bonds is 2. The zero-order valence-electron chi connectivity index (χ0n) is 13.4. The van der Waals surface area contributed by atoms with Gasteiger partial charge in [0.05, 0.1) is 0 Å². The van der Waals surface area contributed by atoms with Crippen LogP contribution >= 0.6 is 0 Å². The second kappa shape index (κ2) is 6.42. The van der Waals surface area contributed by atoms with E-state index in [0.717, 1.165) is 25.7 Å². The van der Waals surface area contributed by atoms with E-state index in [0.29, 0.717) is 5.92 Å². The molecular weight excluding hydrogens is 276 g/mol. The highest BCUT2D eigenvalue weighted by atomic mass is 14.1. The predicted octanol–water partition coefficient (Wildman–Crippen LogP) is 5.33. The summed E-state index contributed by atoms with van der Waals surface area (Å²) in [6.45, 7) is 0. The Bertz CT molecular complexity index is 760. The molecule has 5 aliphatic carbocycles. The normalized spacial score (nSPS) is 17.0. The minimum absolute atomic E-state index is 0.456. The third-order valence-electron chi connectivity index (χ3n) is 4.89. The van der Waals surface area contributed by atoms with Gasteiger partial charge in [-0.05, 0) is 53.5 Å². The average Bonchev–Trinajstić information content (AvgIpc) is 3.09. The Balaban J connectivity index is 1.65. The Labute approximate surface area is 138 Å². The molecule has 2 aromatic carbocycles. The molecule has 0 atom stereocenters. The average molecular weight is 298 g/mol. The molecule has 0 heterocycles. The van der Waals surface area contributed by atoms with Crippen molar-refractivity contribution < 1.29 is 0 Å². The Morgan fingerprint density at radius 3 is 2.04 bits per heavy atom. The summed E-state index contributed by atoms with van der Waals surface area (Å²) < 4.78 is 0. The van der Waals surface area contributed by atoms with E-state index in [4.69, 9.17) is 0 Å². The first-order chi connectivity index (χ1) is 11.4. The molecule has 7 rings (SSSR count). The van der Waals surface area contributed by atoms with Crippen molar-refractivity contribution in [2.45, 2.75) is 25.7 Å². The highest BCUT2D eigenvalue weighted by Crippen LogP contribution is 2.21. The van der Waals surface area contributed by atoms with Crippen LogP contribution in [0, 0.1) is 5.92 Å². The second-order valence-corrected chi connectivity index (χ2v) is 6.56. The zero-order valence-corrected chi connectivity index (χ0v) is 13.4. The van der Waals surface area contributed by atoms with Gasteiger partial charge in [0.1, 0.15) is 0 Å². The maximum Gasteiger partial charge on any atom is 0.0136 e. The smallest absolute Gasteiger partial charge is 0.0136 e. The molecule has 0 nitrogen and oxygen atoms in total. The minimum atomic E-state index is 0.456. The van der Waals surface area contributed by atoms with Crippen LogP contribution in [0.25, 0.3) is 6.08 Å². The van der Waals surface area contributed by atoms with Crippen LogP contribution in [0.4, 0.5) is 0 Å². The first-order valence-electron chi connectivity index (χ1n) is 8.60. The number of aryl methyl sites for hydroxylation is 4. The Hall–Kier alpha value is -2.34. The molecule has 0 unspecified atom stereocenters. The van der Waals surface area contributed by atoms with Gasteiger partial charge in [0.15, 0.2) is 0 Å². The number of benzene rings is 2. The summed E-state index contributed by atoms with van der Waals surface area (Å²) in [5, 5.41) is 0. The van der Waals surface area contributed by atoms with Gasteiger partial charge in [-0.15, -0.1) is 0 Å². The van der Waals surface area contributed by atoms with Gasteiger partial charge in [-0.3, -0.25) is 0 Å². The van der Waals surface area contributed by atoms with E-state index < -0.39 is 0 Å². The Morgan fingerprint density at radius 2 is 1.30 bits per heavy atom. The maximum absolute atomic E-state index is 2.39. The van der Waals surface area contributed by atoms with Crippen LogP contribution in [-0.4, -0.2) is 0 Å². The van der Waals surface area contributed by atoms with E-state index in [1.807, 2.05) is 0 Å². The molecule has 0 saturated heterocycles. The minimum Gasteiger partial charge on any atom is -0.0738 e. The van der Waals surface area contributed by atoms with Crippen molar-refractivity contribution in [1.82, 2.24) is 0 Å². The van der Waals surface area contributed by atoms with Crippen LogP contribution in [0.3, 0.4) is 0 Å². The predicted molar refractivity (Wildman–Crippen MR) is 98.5 cm³/mol. The van der Waals surface area contributed by atoms with Gasteiger partial charge in [0, 0.05) is 5.92 Å². The molecule has 0 amide bonds. The van der Waals surface area contributed by atoms with Crippen LogP contribution in [0.2, 0.25) is 0 Å². The van der Waals surface area contributed by atoms with Crippen molar-refractivity contribution >= 4 is 6.08 Å². The van der Waals surface area contributed by atoms with Gasteiger partial charge < -0.3 is 0 Å². The molecule has 4 bridgehead atoms. The molecule has 23 heavy (non-hydrogen) atoms. The van der Waals surface area contributed by atoms with E-state index in [9.17, 15) is 0 Å². The highest BCUT2D eigenvalue weighted by molar-refractivity contribution is 5.56. The Morgan fingerprint density at radius 1 is 0.696 bits per heavy atom. The van der Waals surface area contributed by atoms with Gasteiger partial charge in [0.2, 0.25) is 0 Å². The van der Waals surface area contributed by atoms with E-state index in [-0.39, 0.29) is 0 Å². The maximum atomic E-state index is 2.39. The summed E-state index contributed by atoms with van der Waals surface area (Å²) in [6.07, 6.45) is 17.8. The lowest BCUT2D eigenvalue weighted by atomic mass is 9.93. The van der Waals surface area contributed by atoms with Gasteiger partial charge in [-0.2, -0.15) is 0 Å². The van der Waals surface area contributed by atoms with Crippen LogP contribution in [0.1, 0.15) is 27.8 Å². The molecule has 0 saturated carbocycles. The van der Waals surface area contributed by atoms with Crippen LogP contribution < -0.4 is 0 Å². The summed E-state index contributed by atoms with van der Waals surface area (Å²) >= 11 is 0. The summed E-state index contributed by atoms with van der Waals surface area (Å²) in [4.78, 5) is 0. The molecular formula is C23H22. The molecule has 0 aliphatic heterocycles. The van der Waals surface area contributed by atoms with Crippen molar-refractivity contribution in [2.75, 3.05) is 0 Å². The fourth-order valence-electron chi connectivity index (χ4n) is 3.42. The standard InChI is InChI=1S/C23H22/c1-2-4-18(3-1)12-16-23-17-21-10-9-19-5-7-20(8-6-19)11-14-22(23)15-13-21/h1-8,12-13,15-18H,9-11,14H2/b16-12+. The fourth-order valence-corrected chi connectivity index (χ4v) is 3.42. The molecule has 114 valence electrons. The summed E-state index contributed by atoms with van der Waals surface area (Å²) in [6, 6.07) is 16.2. The van der Waals surface area contributed by atoms with Crippen molar-refractivity contribution in [3.8, 4) is 0 Å². The van der Waals surface area contributed by atoms with Crippen molar-refractivity contribution in [3.05, 3.63) is 101 Å². The molecule has 0 N–H and O–H groups in total. The summed E-state index contributed by atoms with van der Waals surface area (Å²) in [5.74, 6) is 0.456. The topological polar surface area (TPSA) is 0 Å². The van der Waals surface area contributed by atoms with Crippen LogP contribution in [-0.2, 0) is 25.7 Å². The summed E-state index contributed by atoms with van der Waals surface area (Å²) in [5.41, 5.74) is 7.18. The van der Waals surface area contributed by atoms with Crippen molar-refractivity contribution in [2.24, 2.45) is 5.92 Å². The molecule has 5 aliphatic rings. The third kappa shape index (κ3) is 3.37. The lowest BCUT2D eigenvalue weighted by Crippen LogP contribution is -2.00. The van der Waals surface area contributed by atoms with Gasteiger partial charge >= 0.3 is 0 Å². The number of hydrogen-bond donors (Lipinski definition) is 0. The van der Waals surface area contributed by atoms with E-state index in [1.165, 1.54) is 27.8 Å². The fraction of sp³-hybridized carbons (Fsp3) is 0.217. The molecule has 0 spiro atoms. The lowest BCUT2D eigenvalue weighted by molar-refractivity contribution is 0.919. The molecule has 0 heteroatoms. The first-order valence-corrected chi connectivity index (χ1v) is 8.60. The van der Waals surface area contributed by atoms with Gasteiger partial charge in [-0.1, -0.05) is 78.9 Å². The quantitative estimate of drug-likeness (QED) is 0.703. The van der Waals surface area contributed by atoms with Crippen LogP contribution in [0.5, 0.6) is 0 Å². The first kappa shape index (κ1) is 14.3. The van der Waals surface area contributed by atoms with Crippen molar-refractivity contribution in [3.63, 3.8) is 0 Å². The molecule has 0 radical (unpaired) electrons. The van der Waals surface area contributed by atoms with E-state index in [1.54, 1.807) is 0 Å². The number of allylic oxidation sites excluding steroid dienone is 5. The monoisotopic (exact) mass is 298 g/mol. The molecule has 0 aromatic heterocycles.